The predicted molar refractivity (Wildman–Crippen MR) is 120 cm³/mol. The summed E-state index contributed by atoms with van der Waals surface area (Å²) in [7, 11) is -2.15. The second-order valence-electron chi connectivity index (χ2n) is 7.12. The summed E-state index contributed by atoms with van der Waals surface area (Å²) in [6.07, 6.45) is 1.67. The molecule has 0 aliphatic carbocycles. The molecule has 0 bridgehead atoms. The van der Waals surface area contributed by atoms with E-state index in [2.05, 4.69) is 15.1 Å². The zero-order chi connectivity index (χ0) is 22.7. The third-order valence-electron chi connectivity index (χ3n) is 4.91. The minimum Gasteiger partial charge on any atom is -0.460 e. The molecule has 0 saturated heterocycles. The number of rotatable bonds is 7. The predicted octanol–water partition coefficient (Wildman–Crippen LogP) is 3.28. The Hall–Kier alpha value is -3.69. The van der Waals surface area contributed by atoms with Crippen molar-refractivity contribution < 1.29 is 17.6 Å². The molecule has 0 saturated carbocycles. The van der Waals surface area contributed by atoms with Crippen LogP contribution in [0.1, 0.15) is 21.7 Å². The molecule has 1 amide bonds. The highest BCUT2D eigenvalue weighted by Gasteiger charge is 2.21. The first-order chi connectivity index (χ1) is 15.4. The van der Waals surface area contributed by atoms with E-state index in [-0.39, 0.29) is 17.3 Å². The van der Waals surface area contributed by atoms with E-state index < -0.39 is 10.0 Å². The SMILES string of the molecule is CNS(=O)(=O)c1ccc(CNC(=O)c2cn(-c3ccccc3)nc2-c2ccc(C)o2)cc1. The lowest BCUT2D eigenvalue weighted by molar-refractivity contribution is 0.0951. The van der Waals surface area contributed by atoms with Crippen LogP contribution >= 0.6 is 0 Å². The standard InChI is InChI=1S/C23H22N4O4S/c1-16-8-13-21(31-16)22-20(15-27(26-22)18-6-4-3-5-7-18)23(28)25-14-17-9-11-19(12-10-17)32(29,30)24-2/h3-13,15,24H,14H2,1-2H3,(H,25,28). The third kappa shape index (κ3) is 4.48. The van der Waals surface area contributed by atoms with Crippen LogP contribution in [-0.2, 0) is 16.6 Å². The van der Waals surface area contributed by atoms with E-state index in [0.717, 1.165) is 17.0 Å². The molecular formula is C23H22N4O4S. The lowest BCUT2D eigenvalue weighted by Gasteiger charge is -2.07. The second kappa shape index (κ2) is 8.81. The average molecular weight is 451 g/mol. The van der Waals surface area contributed by atoms with Gasteiger partial charge in [-0.2, -0.15) is 5.10 Å². The first-order valence-corrected chi connectivity index (χ1v) is 11.4. The molecule has 0 aliphatic rings. The van der Waals surface area contributed by atoms with Crippen molar-refractivity contribution in [1.82, 2.24) is 19.8 Å². The fourth-order valence-electron chi connectivity index (χ4n) is 3.18. The fraction of sp³-hybridized carbons (Fsp3) is 0.130. The Balaban J connectivity index is 1.58. The maximum atomic E-state index is 13.0. The van der Waals surface area contributed by atoms with Gasteiger partial charge < -0.3 is 9.73 Å². The summed E-state index contributed by atoms with van der Waals surface area (Å²) in [6.45, 7) is 2.06. The van der Waals surface area contributed by atoms with Crippen molar-refractivity contribution in [2.45, 2.75) is 18.4 Å². The molecule has 4 rings (SSSR count). The quantitative estimate of drug-likeness (QED) is 0.449. The van der Waals surface area contributed by atoms with Crippen molar-refractivity contribution in [3.63, 3.8) is 0 Å². The van der Waals surface area contributed by atoms with Gasteiger partial charge in [0.25, 0.3) is 5.91 Å². The summed E-state index contributed by atoms with van der Waals surface area (Å²) in [5.41, 5.74) is 2.39. The maximum Gasteiger partial charge on any atom is 0.255 e. The smallest absolute Gasteiger partial charge is 0.255 e. The molecular weight excluding hydrogens is 428 g/mol. The Kier molecular flexibility index (Phi) is 5.93. The van der Waals surface area contributed by atoms with Gasteiger partial charge in [-0.05, 0) is 55.9 Å². The molecule has 164 valence electrons. The number of nitrogens with zero attached hydrogens (tertiary/aromatic N) is 2. The van der Waals surface area contributed by atoms with Gasteiger partial charge in [-0.1, -0.05) is 30.3 Å². The van der Waals surface area contributed by atoms with Crippen molar-refractivity contribution in [2.24, 2.45) is 0 Å². The Bertz CT molecular complexity index is 1340. The zero-order valence-electron chi connectivity index (χ0n) is 17.6. The summed E-state index contributed by atoms with van der Waals surface area (Å²) in [4.78, 5) is 13.2. The molecule has 4 aromatic rings. The van der Waals surface area contributed by atoms with Crippen LogP contribution in [0.5, 0.6) is 0 Å². The van der Waals surface area contributed by atoms with Gasteiger partial charge >= 0.3 is 0 Å². The first-order valence-electron chi connectivity index (χ1n) is 9.90. The van der Waals surface area contributed by atoms with E-state index in [0.29, 0.717) is 17.0 Å². The van der Waals surface area contributed by atoms with Gasteiger partial charge in [0.2, 0.25) is 10.0 Å². The molecule has 0 fully saturated rings. The van der Waals surface area contributed by atoms with Gasteiger partial charge in [-0.25, -0.2) is 17.8 Å². The van der Waals surface area contributed by atoms with Crippen molar-refractivity contribution in [3.05, 3.63) is 89.8 Å². The number of amides is 1. The van der Waals surface area contributed by atoms with Gasteiger partial charge in [0.05, 0.1) is 16.1 Å². The van der Waals surface area contributed by atoms with E-state index in [1.807, 2.05) is 43.3 Å². The molecule has 0 spiro atoms. The zero-order valence-corrected chi connectivity index (χ0v) is 18.4. The van der Waals surface area contributed by atoms with Crippen LogP contribution in [0, 0.1) is 6.92 Å². The van der Waals surface area contributed by atoms with E-state index in [1.165, 1.54) is 19.2 Å². The van der Waals surface area contributed by atoms with Crippen molar-refractivity contribution >= 4 is 15.9 Å². The Morgan fingerprint density at radius 1 is 1.03 bits per heavy atom. The summed E-state index contributed by atoms with van der Waals surface area (Å²) in [5, 5.41) is 7.45. The van der Waals surface area contributed by atoms with E-state index >= 15 is 0 Å². The highest BCUT2D eigenvalue weighted by Crippen LogP contribution is 2.26. The van der Waals surface area contributed by atoms with Crippen molar-refractivity contribution in [2.75, 3.05) is 7.05 Å². The van der Waals surface area contributed by atoms with Crippen LogP contribution in [-0.4, -0.2) is 31.2 Å². The highest BCUT2D eigenvalue weighted by molar-refractivity contribution is 7.89. The van der Waals surface area contributed by atoms with Gasteiger partial charge in [0.15, 0.2) is 5.76 Å². The van der Waals surface area contributed by atoms with Gasteiger partial charge in [-0.3, -0.25) is 4.79 Å². The lowest BCUT2D eigenvalue weighted by atomic mass is 10.2. The van der Waals surface area contributed by atoms with Crippen molar-refractivity contribution in [3.8, 4) is 17.1 Å². The number of carbonyl (C=O) groups excluding carboxylic acids is 1. The highest BCUT2D eigenvalue weighted by atomic mass is 32.2. The first kappa shape index (κ1) is 21.5. The van der Waals surface area contributed by atoms with Crippen LogP contribution in [0.3, 0.4) is 0 Å². The number of aromatic nitrogens is 2. The molecule has 0 radical (unpaired) electrons. The summed E-state index contributed by atoms with van der Waals surface area (Å²) in [6, 6.07) is 19.4. The maximum absolute atomic E-state index is 13.0. The molecule has 2 aromatic heterocycles. The number of hydrogen-bond donors (Lipinski definition) is 2. The topological polar surface area (TPSA) is 106 Å². The summed E-state index contributed by atoms with van der Waals surface area (Å²) >= 11 is 0. The minimum absolute atomic E-state index is 0.162. The number of aryl methyl sites for hydroxylation is 1. The number of carbonyl (C=O) groups is 1. The number of para-hydroxylation sites is 1. The van der Waals surface area contributed by atoms with Crippen LogP contribution in [0.25, 0.3) is 17.1 Å². The molecule has 2 aromatic carbocycles. The lowest BCUT2D eigenvalue weighted by Crippen LogP contribution is -2.23. The van der Waals surface area contributed by atoms with E-state index in [9.17, 15) is 13.2 Å². The minimum atomic E-state index is -3.51. The normalized spacial score (nSPS) is 11.4. The summed E-state index contributed by atoms with van der Waals surface area (Å²) < 4.78 is 33.3. The third-order valence-corrected chi connectivity index (χ3v) is 6.34. The van der Waals surface area contributed by atoms with Gasteiger partial charge in [0.1, 0.15) is 11.5 Å². The van der Waals surface area contributed by atoms with Crippen molar-refractivity contribution in [1.29, 1.82) is 0 Å². The molecule has 2 heterocycles. The number of benzene rings is 2. The molecule has 0 atom stereocenters. The molecule has 2 N–H and O–H groups in total. The van der Waals surface area contributed by atoms with Gasteiger partial charge in [-0.15, -0.1) is 0 Å². The summed E-state index contributed by atoms with van der Waals surface area (Å²) in [5.74, 6) is 0.907. The van der Waals surface area contributed by atoms with E-state index in [4.69, 9.17) is 4.42 Å². The number of furan rings is 1. The van der Waals surface area contributed by atoms with Crippen LogP contribution < -0.4 is 10.0 Å². The molecule has 8 nitrogen and oxygen atoms in total. The average Bonchev–Trinajstić information content (AvgIpc) is 3.45. The Morgan fingerprint density at radius 2 is 1.75 bits per heavy atom. The van der Waals surface area contributed by atoms with Crippen LogP contribution in [0.4, 0.5) is 0 Å². The molecule has 0 aliphatic heterocycles. The molecule has 32 heavy (non-hydrogen) atoms. The second-order valence-corrected chi connectivity index (χ2v) is 9.00. The fourth-order valence-corrected chi connectivity index (χ4v) is 3.91. The largest absolute Gasteiger partial charge is 0.460 e. The number of hydrogen-bond acceptors (Lipinski definition) is 5. The van der Waals surface area contributed by atoms with Crippen LogP contribution in [0.15, 0.2) is 82.2 Å². The number of nitrogens with one attached hydrogen (secondary N) is 2. The number of sulfonamides is 1. The molecule has 0 unspecified atom stereocenters. The molecule has 9 heteroatoms. The Labute approximate surface area is 185 Å². The van der Waals surface area contributed by atoms with Gasteiger partial charge in [0, 0.05) is 12.7 Å². The van der Waals surface area contributed by atoms with E-state index in [1.54, 1.807) is 29.1 Å². The van der Waals surface area contributed by atoms with Crippen LogP contribution in [0.2, 0.25) is 0 Å². The monoisotopic (exact) mass is 450 g/mol. The Morgan fingerprint density at radius 3 is 2.38 bits per heavy atom.